The van der Waals surface area contributed by atoms with Crippen LogP contribution in [0.4, 0.5) is 0 Å². The van der Waals surface area contributed by atoms with Crippen molar-refractivity contribution in [2.45, 2.75) is 93.4 Å². The molecule has 0 N–H and O–H groups in total. The summed E-state index contributed by atoms with van der Waals surface area (Å²) in [4.78, 5) is 0. The van der Waals surface area contributed by atoms with Crippen molar-refractivity contribution in [3.63, 3.8) is 0 Å². The van der Waals surface area contributed by atoms with Crippen molar-refractivity contribution in [2.24, 2.45) is 17.8 Å². The van der Waals surface area contributed by atoms with Gasteiger partial charge >= 0.3 is 163 Å². The minimum atomic E-state index is -2.25. The van der Waals surface area contributed by atoms with Crippen LogP contribution in [0.5, 0.6) is 0 Å². The van der Waals surface area contributed by atoms with Crippen LogP contribution in [-0.4, -0.2) is 18.4 Å². The molecule has 144 valence electrons. The molecule has 0 bridgehead atoms. The molecule has 1 aromatic rings. The van der Waals surface area contributed by atoms with Gasteiger partial charge in [0.25, 0.3) is 0 Å². The zero-order chi connectivity index (χ0) is 18.7. The zero-order valence-corrected chi connectivity index (χ0v) is 20.8. The third-order valence-electron chi connectivity index (χ3n) is 6.31. The van der Waals surface area contributed by atoms with Crippen molar-refractivity contribution in [1.29, 1.82) is 0 Å². The molecule has 0 aromatic heterocycles. The molecule has 0 nitrogen and oxygen atoms in total. The van der Waals surface area contributed by atoms with E-state index in [0.717, 1.165) is 17.8 Å². The summed E-state index contributed by atoms with van der Waals surface area (Å²) in [5, 5.41) is 0. The standard InChI is InChI=1S/C10H21.C6H5.2C4H9.Sn/c1-6-7-10(8(2)3)9(4)5;1-2-4-6-5-3-1;2*1-3-4-2;/h8-10H,1,6-7H2,2-5H3;1-5H;2*1,3-4H2,2H3;. The predicted octanol–water partition coefficient (Wildman–Crippen LogP) is 7.65. The number of benzene rings is 1. The first-order valence-electron chi connectivity index (χ1n) is 11.0. The van der Waals surface area contributed by atoms with Crippen molar-refractivity contribution >= 4 is 22.0 Å². The molecule has 0 heterocycles. The van der Waals surface area contributed by atoms with Crippen LogP contribution in [0.1, 0.15) is 80.1 Å². The summed E-state index contributed by atoms with van der Waals surface area (Å²) in [6, 6.07) is 11.8. The second kappa shape index (κ2) is 12.4. The third kappa shape index (κ3) is 7.65. The van der Waals surface area contributed by atoms with Gasteiger partial charge in [-0.05, 0) is 0 Å². The molecule has 0 saturated heterocycles. The number of hydrogen-bond donors (Lipinski definition) is 0. The quantitative estimate of drug-likeness (QED) is 0.270. The molecule has 0 aliphatic carbocycles. The Hall–Kier alpha value is 0.0187. The molecule has 0 aliphatic rings. The van der Waals surface area contributed by atoms with Gasteiger partial charge in [0, 0.05) is 0 Å². The zero-order valence-electron chi connectivity index (χ0n) is 18.0. The second-order valence-electron chi connectivity index (χ2n) is 8.90. The fourth-order valence-electron chi connectivity index (χ4n) is 4.74. The molecular weight excluding hydrogens is 407 g/mol. The Morgan fingerprint density at radius 1 is 0.720 bits per heavy atom. The molecule has 0 saturated carbocycles. The van der Waals surface area contributed by atoms with Crippen LogP contribution in [-0.2, 0) is 0 Å². The monoisotopic (exact) mass is 452 g/mol. The van der Waals surface area contributed by atoms with Crippen molar-refractivity contribution in [3.05, 3.63) is 30.3 Å². The number of unbranched alkanes of at least 4 members (excludes halogenated alkanes) is 2. The fourth-order valence-corrected chi connectivity index (χ4v) is 20.3. The Morgan fingerprint density at radius 2 is 1.20 bits per heavy atom. The van der Waals surface area contributed by atoms with Crippen LogP contribution in [0.25, 0.3) is 0 Å². The van der Waals surface area contributed by atoms with E-state index in [0.29, 0.717) is 0 Å². The predicted molar refractivity (Wildman–Crippen MR) is 118 cm³/mol. The molecule has 1 rings (SSSR count). The van der Waals surface area contributed by atoms with Gasteiger partial charge in [-0.3, -0.25) is 0 Å². The van der Waals surface area contributed by atoms with E-state index in [1.54, 1.807) is 13.3 Å². The van der Waals surface area contributed by atoms with Crippen LogP contribution < -0.4 is 3.58 Å². The van der Waals surface area contributed by atoms with Crippen LogP contribution in [0.15, 0.2) is 30.3 Å². The average molecular weight is 451 g/mol. The van der Waals surface area contributed by atoms with Gasteiger partial charge in [0.2, 0.25) is 0 Å². The number of hydrogen-bond acceptors (Lipinski definition) is 0. The molecule has 0 spiro atoms. The van der Waals surface area contributed by atoms with Gasteiger partial charge in [0.1, 0.15) is 0 Å². The van der Waals surface area contributed by atoms with Gasteiger partial charge < -0.3 is 0 Å². The summed E-state index contributed by atoms with van der Waals surface area (Å²) in [7, 11) is 0. The van der Waals surface area contributed by atoms with Crippen molar-refractivity contribution in [1.82, 2.24) is 0 Å². The molecule has 0 amide bonds. The van der Waals surface area contributed by atoms with E-state index in [2.05, 4.69) is 71.9 Å². The SMILES string of the molecule is CCC[CH2][Sn]([CH2]CCC)([CH2]CCC(C(C)C)C(C)C)[c]1ccccc1. The first-order chi connectivity index (χ1) is 12.0. The average Bonchev–Trinajstić information content (AvgIpc) is 2.60. The second-order valence-corrected chi connectivity index (χ2v) is 22.1. The summed E-state index contributed by atoms with van der Waals surface area (Å²) >= 11 is -2.25. The van der Waals surface area contributed by atoms with Crippen molar-refractivity contribution < 1.29 is 0 Å². The maximum absolute atomic E-state index is 2.49. The molecular formula is C24H44Sn. The van der Waals surface area contributed by atoms with Crippen LogP contribution in [0.2, 0.25) is 13.3 Å². The van der Waals surface area contributed by atoms with Crippen molar-refractivity contribution in [2.75, 3.05) is 0 Å². The summed E-state index contributed by atoms with van der Waals surface area (Å²) in [6.45, 7) is 14.4. The first kappa shape index (κ1) is 23.1. The van der Waals surface area contributed by atoms with E-state index in [4.69, 9.17) is 0 Å². The molecule has 25 heavy (non-hydrogen) atoms. The minimum absolute atomic E-state index is 0.826. The molecule has 0 unspecified atom stereocenters. The van der Waals surface area contributed by atoms with Crippen LogP contribution in [0, 0.1) is 17.8 Å². The van der Waals surface area contributed by atoms with Crippen LogP contribution >= 0.6 is 0 Å². The van der Waals surface area contributed by atoms with Gasteiger partial charge in [-0.25, -0.2) is 0 Å². The van der Waals surface area contributed by atoms with E-state index in [9.17, 15) is 0 Å². The summed E-state index contributed by atoms with van der Waals surface area (Å²) in [5.74, 6) is 2.55. The van der Waals surface area contributed by atoms with Gasteiger partial charge in [-0.15, -0.1) is 0 Å². The number of rotatable bonds is 13. The molecule has 0 radical (unpaired) electrons. The molecule has 0 atom stereocenters. The van der Waals surface area contributed by atoms with Gasteiger partial charge in [0.05, 0.1) is 0 Å². The summed E-state index contributed by atoms with van der Waals surface area (Å²) in [5.41, 5.74) is 0. The Balaban J connectivity index is 2.92. The van der Waals surface area contributed by atoms with Crippen molar-refractivity contribution in [3.8, 4) is 0 Å². The van der Waals surface area contributed by atoms with Gasteiger partial charge in [0.15, 0.2) is 0 Å². The molecule has 0 fully saturated rings. The Morgan fingerprint density at radius 3 is 1.64 bits per heavy atom. The maximum atomic E-state index is 2.49. The van der Waals surface area contributed by atoms with E-state index in [1.807, 2.05) is 3.58 Å². The van der Waals surface area contributed by atoms with E-state index >= 15 is 0 Å². The topological polar surface area (TPSA) is 0 Å². The summed E-state index contributed by atoms with van der Waals surface area (Å²) < 4.78 is 6.53. The molecule has 1 aromatic carbocycles. The normalized spacial score (nSPS) is 12.5. The Bertz CT molecular complexity index is 419. The Labute approximate surface area is 163 Å². The van der Waals surface area contributed by atoms with E-state index in [-0.39, 0.29) is 0 Å². The first-order valence-corrected chi connectivity index (χ1v) is 18.5. The Kier molecular flexibility index (Phi) is 11.4. The van der Waals surface area contributed by atoms with E-state index < -0.39 is 18.4 Å². The van der Waals surface area contributed by atoms with Crippen LogP contribution in [0.3, 0.4) is 0 Å². The summed E-state index contributed by atoms with van der Waals surface area (Å²) in [6.07, 6.45) is 8.54. The van der Waals surface area contributed by atoms with E-state index in [1.165, 1.54) is 38.5 Å². The van der Waals surface area contributed by atoms with Gasteiger partial charge in [-0.2, -0.15) is 0 Å². The third-order valence-corrected chi connectivity index (χ3v) is 22.0. The molecule has 0 aliphatic heterocycles. The fraction of sp³-hybridized carbons (Fsp3) is 0.750. The van der Waals surface area contributed by atoms with Gasteiger partial charge in [-0.1, -0.05) is 0 Å². The molecule has 1 heteroatoms.